The first-order valence-corrected chi connectivity index (χ1v) is 10.0. The van der Waals surface area contributed by atoms with Gasteiger partial charge in [-0.2, -0.15) is 0 Å². The van der Waals surface area contributed by atoms with E-state index in [1.54, 1.807) is 6.92 Å². The van der Waals surface area contributed by atoms with Gasteiger partial charge in [0.2, 0.25) is 0 Å². The molecule has 1 N–H and O–H groups in total. The number of rotatable bonds is 11. The van der Waals surface area contributed by atoms with Crippen LogP contribution in [0.25, 0.3) is 0 Å². The zero-order valence-corrected chi connectivity index (χ0v) is 18.4. The molecule has 0 aromatic heterocycles. The van der Waals surface area contributed by atoms with Gasteiger partial charge in [-0.05, 0) is 60.4 Å². The maximum absolute atomic E-state index is 11.4. The Bertz CT molecular complexity index is 591. The van der Waals surface area contributed by atoms with Gasteiger partial charge in [-0.3, -0.25) is 4.79 Å². The van der Waals surface area contributed by atoms with Crippen LogP contribution in [0.4, 0.5) is 0 Å². The quantitative estimate of drug-likeness (QED) is 0.440. The first-order chi connectivity index (χ1) is 12.6. The van der Waals surface area contributed by atoms with Crippen LogP contribution in [-0.2, 0) is 4.79 Å². The molecular weight excluding hydrogens is 334 g/mol. The number of likely N-dealkylation sites (tertiary alicyclic amines) is 1. The van der Waals surface area contributed by atoms with Crippen molar-refractivity contribution < 1.29 is 4.79 Å². The van der Waals surface area contributed by atoms with Crippen LogP contribution in [0.1, 0.15) is 47.5 Å². The third-order valence-electron chi connectivity index (χ3n) is 4.39. The van der Waals surface area contributed by atoms with Crippen LogP contribution < -0.4 is 5.32 Å². The van der Waals surface area contributed by atoms with Crippen LogP contribution in [-0.4, -0.2) is 60.9 Å². The molecular formula is C23H39N3O. The van der Waals surface area contributed by atoms with E-state index in [-0.39, 0.29) is 11.3 Å². The molecule has 1 heterocycles. The Labute approximate surface area is 166 Å². The SMILES string of the molecule is CC/C=C/C=C(\C=C(/C)CC(C)=O)N1CC(NC(C)(C)/C=C/CN(C)C)C1. The van der Waals surface area contributed by atoms with Crippen molar-refractivity contribution in [3.05, 3.63) is 47.7 Å². The summed E-state index contributed by atoms with van der Waals surface area (Å²) < 4.78 is 0. The minimum atomic E-state index is -0.0147. The van der Waals surface area contributed by atoms with E-state index in [4.69, 9.17) is 0 Å². The summed E-state index contributed by atoms with van der Waals surface area (Å²) in [6, 6.07) is 0.476. The fourth-order valence-electron chi connectivity index (χ4n) is 3.16. The van der Waals surface area contributed by atoms with Crippen LogP contribution >= 0.6 is 0 Å². The zero-order valence-electron chi connectivity index (χ0n) is 18.4. The van der Waals surface area contributed by atoms with E-state index in [1.165, 1.54) is 5.70 Å². The van der Waals surface area contributed by atoms with Gasteiger partial charge in [0.1, 0.15) is 5.78 Å². The minimum Gasteiger partial charge on any atom is -0.368 e. The van der Waals surface area contributed by atoms with E-state index in [1.807, 2.05) is 6.92 Å². The Morgan fingerprint density at radius 1 is 1.22 bits per heavy atom. The van der Waals surface area contributed by atoms with Gasteiger partial charge in [0.25, 0.3) is 0 Å². The molecule has 1 rings (SSSR count). The molecule has 1 saturated heterocycles. The highest BCUT2D eigenvalue weighted by Crippen LogP contribution is 2.21. The third-order valence-corrected chi connectivity index (χ3v) is 4.39. The number of carbonyl (C=O) groups is 1. The molecule has 0 aromatic rings. The highest BCUT2D eigenvalue weighted by atomic mass is 16.1. The summed E-state index contributed by atoms with van der Waals surface area (Å²) in [6.45, 7) is 13.2. The molecule has 27 heavy (non-hydrogen) atoms. The largest absolute Gasteiger partial charge is 0.368 e. The lowest BCUT2D eigenvalue weighted by atomic mass is 9.98. The van der Waals surface area contributed by atoms with E-state index in [2.05, 4.69) is 86.4 Å². The van der Waals surface area contributed by atoms with E-state index < -0.39 is 0 Å². The second-order valence-corrected chi connectivity index (χ2v) is 8.43. The van der Waals surface area contributed by atoms with Gasteiger partial charge < -0.3 is 15.1 Å². The summed E-state index contributed by atoms with van der Waals surface area (Å²) in [6.07, 6.45) is 14.6. The molecule has 0 aliphatic carbocycles. The number of nitrogens with zero attached hydrogens (tertiary/aromatic N) is 2. The topological polar surface area (TPSA) is 35.6 Å². The predicted octanol–water partition coefficient (Wildman–Crippen LogP) is 3.93. The first kappa shape index (κ1) is 23.4. The second kappa shape index (κ2) is 11.3. The molecule has 0 amide bonds. The normalized spacial score (nSPS) is 17.4. The number of nitrogens with one attached hydrogen (secondary N) is 1. The van der Waals surface area contributed by atoms with E-state index in [0.717, 1.165) is 31.6 Å². The molecule has 0 aromatic carbocycles. The molecule has 1 fully saturated rings. The number of hydrogen-bond donors (Lipinski definition) is 1. The van der Waals surface area contributed by atoms with Crippen LogP contribution in [0, 0.1) is 0 Å². The summed E-state index contributed by atoms with van der Waals surface area (Å²) in [5, 5.41) is 3.74. The highest BCUT2D eigenvalue weighted by molar-refractivity contribution is 5.78. The standard InChI is InChI=1S/C23H39N3O/c1-8-9-10-12-22(16-19(2)15-20(3)27)26-17-21(18-26)24-23(4,5)13-11-14-25(6)7/h9-13,16,21,24H,8,14-15,17-18H2,1-7H3/b10-9+,13-11+,19-16+,22-12+. The average molecular weight is 374 g/mol. The van der Waals surface area contributed by atoms with Crippen molar-refractivity contribution in [1.29, 1.82) is 0 Å². The molecule has 0 spiro atoms. The lowest BCUT2D eigenvalue weighted by Crippen LogP contribution is -2.61. The van der Waals surface area contributed by atoms with Crippen molar-refractivity contribution in [3.63, 3.8) is 0 Å². The Morgan fingerprint density at radius 3 is 2.44 bits per heavy atom. The molecule has 4 heteroatoms. The number of hydrogen-bond acceptors (Lipinski definition) is 4. The fourth-order valence-corrected chi connectivity index (χ4v) is 3.16. The molecule has 152 valence electrons. The van der Waals surface area contributed by atoms with Crippen molar-refractivity contribution in [2.75, 3.05) is 33.7 Å². The Hall–Kier alpha value is -1.65. The lowest BCUT2D eigenvalue weighted by molar-refractivity contribution is -0.116. The summed E-state index contributed by atoms with van der Waals surface area (Å²) in [5.74, 6) is 0.210. The van der Waals surface area contributed by atoms with E-state index >= 15 is 0 Å². The summed E-state index contributed by atoms with van der Waals surface area (Å²) in [4.78, 5) is 15.9. The van der Waals surface area contributed by atoms with Crippen molar-refractivity contribution in [2.24, 2.45) is 0 Å². The Morgan fingerprint density at radius 2 is 1.89 bits per heavy atom. The van der Waals surface area contributed by atoms with Crippen LogP contribution in [0.5, 0.6) is 0 Å². The fraction of sp³-hybridized carbons (Fsp3) is 0.609. The Balaban J connectivity index is 2.68. The molecule has 0 atom stereocenters. The van der Waals surface area contributed by atoms with Gasteiger partial charge in [-0.15, -0.1) is 0 Å². The molecule has 1 aliphatic rings. The number of allylic oxidation sites excluding steroid dienone is 5. The monoisotopic (exact) mass is 373 g/mol. The van der Waals surface area contributed by atoms with Crippen molar-refractivity contribution in [2.45, 2.75) is 59.0 Å². The molecule has 0 bridgehead atoms. The highest BCUT2D eigenvalue weighted by Gasteiger charge is 2.30. The van der Waals surface area contributed by atoms with Crippen LogP contribution in [0.15, 0.2) is 47.7 Å². The van der Waals surface area contributed by atoms with Crippen LogP contribution in [0.2, 0.25) is 0 Å². The van der Waals surface area contributed by atoms with Crippen molar-refractivity contribution in [1.82, 2.24) is 15.1 Å². The molecule has 0 unspecified atom stereocenters. The molecule has 1 aliphatic heterocycles. The van der Waals surface area contributed by atoms with Gasteiger partial charge in [-0.25, -0.2) is 0 Å². The molecule has 0 saturated carbocycles. The Kier molecular flexibility index (Phi) is 9.75. The smallest absolute Gasteiger partial charge is 0.133 e. The predicted molar refractivity (Wildman–Crippen MR) is 117 cm³/mol. The molecule has 4 nitrogen and oxygen atoms in total. The summed E-state index contributed by atoms with van der Waals surface area (Å²) in [7, 11) is 4.16. The minimum absolute atomic E-state index is 0.0147. The van der Waals surface area contributed by atoms with E-state index in [9.17, 15) is 4.79 Å². The van der Waals surface area contributed by atoms with Gasteiger partial charge in [0.05, 0.1) is 0 Å². The maximum atomic E-state index is 11.4. The maximum Gasteiger partial charge on any atom is 0.133 e. The van der Waals surface area contributed by atoms with E-state index in [0.29, 0.717) is 12.5 Å². The lowest BCUT2D eigenvalue weighted by Gasteiger charge is -2.45. The van der Waals surface area contributed by atoms with Gasteiger partial charge >= 0.3 is 0 Å². The number of likely N-dealkylation sites (N-methyl/N-ethyl adjacent to an activating group) is 1. The van der Waals surface area contributed by atoms with Gasteiger partial charge in [0.15, 0.2) is 0 Å². The third kappa shape index (κ3) is 9.73. The summed E-state index contributed by atoms with van der Waals surface area (Å²) >= 11 is 0. The zero-order chi connectivity index (χ0) is 20.4. The number of ketones is 1. The molecule has 0 radical (unpaired) electrons. The van der Waals surface area contributed by atoms with Crippen molar-refractivity contribution in [3.8, 4) is 0 Å². The number of Topliss-reactive ketones (excluding diaryl/α,β-unsaturated/α-hetero) is 1. The summed E-state index contributed by atoms with van der Waals surface area (Å²) in [5.41, 5.74) is 2.29. The number of carbonyl (C=O) groups excluding carboxylic acids is 1. The van der Waals surface area contributed by atoms with Crippen molar-refractivity contribution >= 4 is 5.78 Å². The van der Waals surface area contributed by atoms with Gasteiger partial charge in [-0.1, -0.05) is 36.8 Å². The second-order valence-electron chi connectivity index (χ2n) is 8.43. The first-order valence-electron chi connectivity index (χ1n) is 10.0. The average Bonchev–Trinajstić information content (AvgIpc) is 2.48. The van der Waals surface area contributed by atoms with Crippen LogP contribution in [0.3, 0.4) is 0 Å². The van der Waals surface area contributed by atoms with Gasteiger partial charge in [0, 0.05) is 43.3 Å².